The number of aromatic nitrogens is 6. The number of hydrogen-bond acceptors (Lipinski definition) is 7. The smallest absolute Gasteiger partial charge is 0.164 e. The Bertz CT molecular complexity index is 2830. The molecule has 5 heterocycles. The predicted molar refractivity (Wildman–Crippen MR) is 253 cm³/mol. The van der Waals surface area contributed by atoms with Crippen LogP contribution in [0.4, 0.5) is 0 Å². The number of benzene rings is 4. The number of thioether (sulfide) groups is 1. The van der Waals surface area contributed by atoms with Crippen molar-refractivity contribution >= 4 is 17.3 Å². The highest BCUT2D eigenvalue weighted by atomic mass is 32.2. The molecule has 4 aromatic heterocycles. The summed E-state index contributed by atoms with van der Waals surface area (Å²) < 4.78 is 0. The molecule has 294 valence electrons. The lowest BCUT2D eigenvalue weighted by Gasteiger charge is -2.20. The van der Waals surface area contributed by atoms with E-state index in [4.69, 9.17) is 19.9 Å². The van der Waals surface area contributed by atoms with Crippen molar-refractivity contribution < 1.29 is 0 Å². The molecule has 7 heteroatoms. The Balaban J connectivity index is 1.29. The highest BCUT2D eigenvalue weighted by molar-refractivity contribution is 8.03. The summed E-state index contributed by atoms with van der Waals surface area (Å²) in [5.74, 6) is 2.73. The van der Waals surface area contributed by atoms with Crippen molar-refractivity contribution in [3.05, 3.63) is 211 Å². The SMILES string of the molecule is CC=C1/C(=C\C)SC/C=C\C=C/Cc2ccc(-c3cc(-c4ccncc4)nc(-c4ccncc4)c3)cc2-c2cc(-c3nc(-c4ccccc4)nc(-c4ccccc4)n3)ccc21. The molecular formula is C54H42N6S. The summed E-state index contributed by atoms with van der Waals surface area (Å²) >= 11 is 1.84. The van der Waals surface area contributed by atoms with E-state index in [1.54, 1.807) is 0 Å². The average molecular weight is 807 g/mol. The zero-order valence-electron chi connectivity index (χ0n) is 34.0. The number of rotatable bonds is 6. The summed E-state index contributed by atoms with van der Waals surface area (Å²) in [6, 6.07) is 46.2. The summed E-state index contributed by atoms with van der Waals surface area (Å²) in [6.45, 7) is 4.26. The number of pyridine rings is 3. The van der Waals surface area contributed by atoms with Gasteiger partial charge in [-0.2, -0.15) is 0 Å². The van der Waals surface area contributed by atoms with E-state index in [2.05, 4.69) is 109 Å². The van der Waals surface area contributed by atoms with Crippen LogP contribution in [0, 0.1) is 0 Å². The fraction of sp³-hybridized carbons (Fsp3) is 0.0741. The molecular weight excluding hydrogens is 765 g/mol. The molecule has 0 N–H and O–H groups in total. The third kappa shape index (κ3) is 8.69. The second-order valence-electron chi connectivity index (χ2n) is 14.5. The van der Waals surface area contributed by atoms with Gasteiger partial charge in [0.15, 0.2) is 17.5 Å². The molecule has 6 nitrogen and oxygen atoms in total. The van der Waals surface area contributed by atoms with Gasteiger partial charge in [0.2, 0.25) is 0 Å². The molecule has 9 rings (SSSR count). The van der Waals surface area contributed by atoms with Crippen molar-refractivity contribution in [1.82, 2.24) is 29.9 Å². The summed E-state index contributed by atoms with van der Waals surface area (Å²) in [4.78, 5) is 30.2. The van der Waals surface area contributed by atoms with Crippen LogP contribution in [0.3, 0.4) is 0 Å². The van der Waals surface area contributed by atoms with Gasteiger partial charge in [0, 0.05) is 63.3 Å². The molecule has 4 aromatic carbocycles. The third-order valence-corrected chi connectivity index (χ3v) is 11.8. The Morgan fingerprint density at radius 1 is 0.443 bits per heavy atom. The van der Waals surface area contributed by atoms with Crippen molar-refractivity contribution in [2.45, 2.75) is 20.3 Å². The quantitative estimate of drug-likeness (QED) is 0.166. The molecule has 61 heavy (non-hydrogen) atoms. The zero-order chi connectivity index (χ0) is 41.4. The minimum Gasteiger partial charge on any atom is -0.265 e. The van der Waals surface area contributed by atoms with Crippen LogP contribution >= 0.6 is 11.8 Å². The topological polar surface area (TPSA) is 77.3 Å². The van der Waals surface area contributed by atoms with E-state index in [9.17, 15) is 0 Å². The van der Waals surface area contributed by atoms with Gasteiger partial charge in [0.1, 0.15) is 0 Å². The van der Waals surface area contributed by atoms with Crippen molar-refractivity contribution in [2.24, 2.45) is 0 Å². The predicted octanol–water partition coefficient (Wildman–Crippen LogP) is 13.4. The lowest BCUT2D eigenvalue weighted by atomic mass is 9.86. The minimum atomic E-state index is 0.612. The standard InChI is InChI=1S/C54H42N6S/c1-3-45-46-23-22-43(54-59-52(40-16-10-7-11-17-40)58-53(60-54)41-18-12-8-13-19-41)34-48(46)47-33-42(21-20-37(47)15-9-5-6-14-32-61-51(45)4-2)44-35-49(38-24-28-55-29-25-38)57-50(36-44)39-26-30-56-31-27-39/h3-14,16-31,33-36H,15,32H2,1-2H3/b9-5-,14-6-,45-3?,51-4+. The Morgan fingerprint density at radius 2 is 1.00 bits per heavy atom. The molecule has 0 fully saturated rings. The van der Waals surface area contributed by atoms with Crippen LogP contribution in [-0.4, -0.2) is 35.7 Å². The normalized spacial score (nSPS) is 15.2. The first kappa shape index (κ1) is 39.1. The number of hydrogen-bond donors (Lipinski definition) is 0. The highest BCUT2D eigenvalue weighted by Gasteiger charge is 2.20. The first-order valence-electron chi connectivity index (χ1n) is 20.4. The van der Waals surface area contributed by atoms with Crippen LogP contribution in [0.5, 0.6) is 0 Å². The Labute approximate surface area is 361 Å². The van der Waals surface area contributed by atoms with Crippen LogP contribution in [0.15, 0.2) is 200 Å². The molecule has 0 saturated carbocycles. The van der Waals surface area contributed by atoms with Gasteiger partial charge in [0.05, 0.1) is 11.4 Å². The molecule has 0 aliphatic carbocycles. The monoisotopic (exact) mass is 806 g/mol. The molecule has 1 aliphatic rings. The van der Waals surface area contributed by atoms with Crippen LogP contribution in [0.25, 0.3) is 84.5 Å². The van der Waals surface area contributed by atoms with Crippen LogP contribution in [-0.2, 0) is 6.42 Å². The van der Waals surface area contributed by atoms with E-state index in [1.807, 2.05) is 121 Å². The van der Waals surface area contributed by atoms with Crippen LogP contribution in [0.2, 0.25) is 0 Å². The largest absolute Gasteiger partial charge is 0.265 e. The molecule has 0 unspecified atom stereocenters. The fourth-order valence-corrected chi connectivity index (χ4v) is 8.53. The van der Waals surface area contributed by atoms with Crippen LogP contribution in [0.1, 0.15) is 25.0 Å². The third-order valence-electron chi connectivity index (χ3n) is 10.7. The van der Waals surface area contributed by atoms with Crippen molar-refractivity contribution in [3.8, 4) is 78.9 Å². The van der Waals surface area contributed by atoms with Crippen molar-refractivity contribution in [3.63, 3.8) is 0 Å². The van der Waals surface area contributed by atoms with Gasteiger partial charge in [-0.3, -0.25) is 9.97 Å². The summed E-state index contributed by atoms with van der Waals surface area (Å²) in [5, 5.41) is 0. The molecule has 8 aromatic rings. The molecule has 0 spiro atoms. The molecule has 0 atom stereocenters. The molecule has 0 bridgehead atoms. The van der Waals surface area contributed by atoms with E-state index < -0.39 is 0 Å². The van der Waals surface area contributed by atoms with Gasteiger partial charge in [0.25, 0.3) is 0 Å². The van der Waals surface area contributed by atoms with E-state index >= 15 is 0 Å². The summed E-state index contributed by atoms with van der Waals surface area (Å²) in [7, 11) is 0. The van der Waals surface area contributed by atoms with Gasteiger partial charge in [-0.05, 0) is 108 Å². The van der Waals surface area contributed by atoms with Gasteiger partial charge in [-0.25, -0.2) is 19.9 Å². The van der Waals surface area contributed by atoms with E-state index in [-0.39, 0.29) is 0 Å². The molecule has 1 aliphatic heterocycles. The van der Waals surface area contributed by atoms with Gasteiger partial charge >= 0.3 is 0 Å². The maximum absolute atomic E-state index is 5.14. The lowest BCUT2D eigenvalue weighted by molar-refractivity contribution is 1.07. The Hall–Kier alpha value is -7.35. The number of fused-ring (bicyclic) bond motifs is 3. The maximum Gasteiger partial charge on any atom is 0.164 e. The minimum absolute atomic E-state index is 0.612. The number of allylic oxidation sites excluding steroid dienone is 6. The maximum atomic E-state index is 5.14. The molecule has 0 amide bonds. The first-order chi connectivity index (χ1) is 30.1. The second kappa shape index (κ2) is 18.3. The zero-order valence-corrected chi connectivity index (χ0v) is 34.8. The van der Waals surface area contributed by atoms with E-state index in [1.165, 1.54) is 16.0 Å². The first-order valence-corrected chi connectivity index (χ1v) is 21.4. The van der Waals surface area contributed by atoms with Gasteiger partial charge in [-0.1, -0.05) is 121 Å². The fourth-order valence-electron chi connectivity index (χ4n) is 7.59. The lowest BCUT2D eigenvalue weighted by Crippen LogP contribution is -2.01. The van der Waals surface area contributed by atoms with E-state index in [0.717, 1.165) is 79.2 Å². The van der Waals surface area contributed by atoms with Crippen molar-refractivity contribution in [1.29, 1.82) is 0 Å². The van der Waals surface area contributed by atoms with Crippen molar-refractivity contribution in [2.75, 3.05) is 5.75 Å². The van der Waals surface area contributed by atoms with E-state index in [0.29, 0.717) is 17.5 Å². The number of nitrogens with zero attached hydrogens (tertiary/aromatic N) is 6. The summed E-state index contributed by atoms with van der Waals surface area (Å²) in [6.07, 6.45) is 21.2. The Kier molecular flexibility index (Phi) is 11.7. The highest BCUT2D eigenvalue weighted by Crippen LogP contribution is 2.42. The second-order valence-corrected chi connectivity index (χ2v) is 15.6. The van der Waals surface area contributed by atoms with Gasteiger partial charge < -0.3 is 0 Å². The van der Waals surface area contributed by atoms with Crippen LogP contribution < -0.4 is 0 Å². The Morgan fingerprint density at radius 3 is 1.59 bits per heavy atom. The average Bonchev–Trinajstić information content (AvgIpc) is 3.35. The molecule has 0 saturated heterocycles. The molecule has 0 radical (unpaired) electrons. The van der Waals surface area contributed by atoms with Gasteiger partial charge in [-0.15, -0.1) is 11.8 Å². The summed E-state index contributed by atoms with van der Waals surface area (Å²) in [5.41, 5.74) is 14.4.